The lowest BCUT2D eigenvalue weighted by Gasteiger charge is -2.25. The van der Waals surface area contributed by atoms with Crippen molar-refractivity contribution in [3.63, 3.8) is 0 Å². The van der Waals surface area contributed by atoms with Gasteiger partial charge < -0.3 is 4.74 Å². The Morgan fingerprint density at radius 1 is 1.19 bits per heavy atom. The maximum atomic E-state index is 14.0. The van der Waals surface area contributed by atoms with Crippen LogP contribution in [0.1, 0.15) is 21.8 Å². The monoisotopic (exact) mass is 403 g/mol. The molecule has 1 saturated heterocycles. The number of aryl methyl sites for hydroxylation is 2. The highest BCUT2D eigenvalue weighted by Crippen LogP contribution is 2.36. The quantitative estimate of drug-likeness (QED) is 0.461. The number of thiophene rings is 1. The first kappa shape index (κ1) is 18.8. The summed E-state index contributed by atoms with van der Waals surface area (Å²) in [4.78, 5) is 14.3. The van der Waals surface area contributed by atoms with Crippen molar-refractivity contribution < 1.29 is 9.13 Å². The number of nitrogens with zero attached hydrogens (tertiary/aromatic N) is 3. The molecule has 1 aliphatic heterocycles. The fraction of sp³-hybridized carbons (Fsp3) is 0.400. The second-order valence-electron chi connectivity index (χ2n) is 6.68. The molecule has 1 aromatic carbocycles. The molecule has 0 radical (unpaired) electrons. The number of hydrogen-bond donors (Lipinski definition) is 0. The molecular weight excluding hydrogens is 381 g/mol. The zero-order valence-electron chi connectivity index (χ0n) is 15.5. The molecule has 3 aromatic rings. The molecule has 2 aromatic heterocycles. The Kier molecular flexibility index (Phi) is 5.73. The minimum Gasteiger partial charge on any atom is -0.379 e. The molecule has 1 fully saturated rings. The number of rotatable bonds is 5. The van der Waals surface area contributed by atoms with E-state index in [0.717, 1.165) is 53.9 Å². The highest BCUT2D eigenvalue weighted by molar-refractivity contribution is 7.98. The van der Waals surface area contributed by atoms with Crippen molar-refractivity contribution in [3.8, 4) is 0 Å². The summed E-state index contributed by atoms with van der Waals surface area (Å²) in [6.45, 7) is 8.29. The molecular formula is C20H22FN3OS2. The Balaban J connectivity index is 1.65. The summed E-state index contributed by atoms with van der Waals surface area (Å²) in [5, 5.41) is 2.07. The van der Waals surface area contributed by atoms with Crippen LogP contribution in [0, 0.1) is 19.7 Å². The fourth-order valence-electron chi connectivity index (χ4n) is 3.15. The third-order valence-electron chi connectivity index (χ3n) is 4.83. The number of ether oxygens (including phenoxy) is 1. The summed E-state index contributed by atoms with van der Waals surface area (Å²) in [6.07, 6.45) is 0. The van der Waals surface area contributed by atoms with E-state index in [1.807, 2.05) is 12.1 Å². The topological polar surface area (TPSA) is 38.2 Å². The van der Waals surface area contributed by atoms with Gasteiger partial charge in [-0.2, -0.15) is 0 Å². The van der Waals surface area contributed by atoms with Gasteiger partial charge in [-0.3, -0.25) is 4.90 Å². The lowest BCUT2D eigenvalue weighted by atomic mass is 10.2. The van der Waals surface area contributed by atoms with Crippen molar-refractivity contribution in [2.75, 3.05) is 26.3 Å². The van der Waals surface area contributed by atoms with Crippen LogP contribution in [-0.2, 0) is 17.0 Å². The smallest absolute Gasteiger partial charge is 0.145 e. The van der Waals surface area contributed by atoms with Crippen LogP contribution in [0.5, 0.6) is 0 Å². The fourth-order valence-corrected chi connectivity index (χ4v) is 5.35. The third kappa shape index (κ3) is 4.16. The number of morpholine rings is 1. The van der Waals surface area contributed by atoms with E-state index in [2.05, 4.69) is 18.7 Å². The lowest BCUT2D eigenvalue weighted by molar-refractivity contribution is 0.0330. The van der Waals surface area contributed by atoms with Crippen molar-refractivity contribution in [2.45, 2.75) is 31.2 Å². The molecule has 0 saturated carbocycles. The Bertz CT molecular complexity index is 954. The second kappa shape index (κ2) is 8.22. The summed E-state index contributed by atoms with van der Waals surface area (Å²) in [5.74, 6) is 1.23. The van der Waals surface area contributed by atoms with Crippen molar-refractivity contribution in [1.29, 1.82) is 0 Å². The number of halogens is 1. The molecule has 4 rings (SSSR count). The average molecular weight is 404 g/mol. The number of hydrogen-bond acceptors (Lipinski definition) is 6. The molecule has 0 aliphatic carbocycles. The molecule has 1 aliphatic rings. The van der Waals surface area contributed by atoms with E-state index in [4.69, 9.17) is 14.7 Å². The summed E-state index contributed by atoms with van der Waals surface area (Å²) in [7, 11) is 0. The highest BCUT2D eigenvalue weighted by Gasteiger charge is 2.18. The maximum Gasteiger partial charge on any atom is 0.145 e. The lowest BCUT2D eigenvalue weighted by Crippen LogP contribution is -2.36. The molecule has 0 atom stereocenters. The van der Waals surface area contributed by atoms with Gasteiger partial charge in [-0.25, -0.2) is 14.4 Å². The average Bonchev–Trinajstić information content (AvgIpc) is 2.96. The predicted molar refractivity (Wildman–Crippen MR) is 109 cm³/mol. The summed E-state index contributed by atoms with van der Waals surface area (Å²) < 4.78 is 19.4. The van der Waals surface area contributed by atoms with Crippen molar-refractivity contribution in [1.82, 2.24) is 14.9 Å². The van der Waals surface area contributed by atoms with Crippen LogP contribution in [0.3, 0.4) is 0 Å². The molecule has 142 valence electrons. The van der Waals surface area contributed by atoms with E-state index in [-0.39, 0.29) is 5.82 Å². The van der Waals surface area contributed by atoms with E-state index in [1.165, 1.54) is 16.5 Å². The number of aromatic nitrogens is 2. The van der Waals surface area contributed by atoms with Gasteiger partial charge in [0, 0.05) is 29.1 Å². The van der Waals surface area contributed by atoms with Crippen LogP contribution in [0.4, 0.5) is 4.39 Å². The van der Waals surface area contributed by atoms with Gasteiger partial charge in [0.05, 0.1) is 19.8 Å². The van der Waals surface area contributed by atoms with Gasteiger partial charge in [-0.15, -0.1) is 23.1 Å². The maximum absolute atomic E-state index is 14.0. The minimum absolute atomic E-state index is 0.165. The van der Waals surface area contributed by atoms with Gasteiger partial charge in [-0.05, 0) is 31.0 Å². The van der Waals surface area contributed by atoms with E-state index < -0.39 is 0 Å². The minimum atomic E-state index is -0.165. The molecule has 3 heterocycles. The second-order valence-corrected chi connectivity index (χ2v) is 8.84. The van der Waals surface area contributed by atoms with Crippen molar-refractivity contribution in [2.24, 2.45) is 0 Å². The zero-order valence-corrected chi connectivity index (χ0v) is 17.1. The summed E-state index contributed by atoms with van der Waals surface area (Å²) in [5.41, 5.74) is 1.93. The molecule has 0 spiro atoms. The van der Waals surface area contributed by atoms with Crippen LogP contribution in [-0.4, -0.2) is 41.2 Å². The standard InChI is InChI=1S/C20H22FN3OS2/c1-13-14(2)27-20-18(13)19(26-12-15-5-3-4-6-16(15)21)22-17(23-20)11-24-7-9-25-10-8-24/h3-6H,7-12H2,1-2H3. The molecule has 0 unspecified atom stereocenters. The molecule has 4 nitrogen and oxygen atoms in total. The van der Waals surface area contributed by atoms with E-state index in [9.17, 15) is 4.39 Å². The zero-order chi connectivity index (χ0) is 18.8. The summed E-state index contributed by atoms with van der Waals surface area (Å²) >= 11 is 3.31. The van der Waals surface area contributed by atoms with Crippen LogP contribution in [0.15, 0.2) is 29.3 Å². The number of benzene rings is 1. The largest absolute Gasteiger partial charge is 0.379 e. The van der Waals surface area contributed by atoms with E-state index in [1.54, 1.807) is 29.2 Å². The molecule has 0 N–H and O–H groups in total. The van der Waals surface area contributed by atoms with E-state index in [0.29, 0.717) is 11.3 Å². The van der Waals surface area contributed by atoms with Crippen molar-refractivity contribution in [3.05, 3.63) is 51.9 Å². The predicted octanol–water partition coefficient (Wildman–Crippen LogP) is 4.57. The summed E-state index contributed by atoms with van der Waals surface area (Å²) in [6, 6.07) is 6.94. The van der Waals surface area contributed by atoms with Crippen LogP contribution in [0.2, 0.25) is 0 Å². The van der Waals surface area contributed by atoms with Crippen LogP contribution >= 0.6 is 23.1 Å². The molecule has 7 heteroatoms. The Labute approximate surface area is 166 Å². The third-order valence-corrected chi connectivity index (χ3v) is 6.96. The Morgan fingerprint density at radius 2 is 1.96 bits per heavy atom. The van der Waals surface area contributed by atoms with Crippen LogP contribution < -0.4 is 0 Å². The Morgan fingerprint density at radius 3 is 2.74 bits per heavy atom. The first-order valence-corrected chi connectivity index (χ1v) is 10.8. The number of thioether (sulfide) groups is 1. The van der Waals surface area contributed by atoms with Crippen molar-refractivity contribution >= 4 is 33.3 Å². The van der Waals surface area contributed by atoms with E-state index >= 15 is 0 Å². The SMILES string of the molecule is Cc1sc2nc(CN3CCOCC3)nc(SCc3ccccc3F)c2c1C. The van der Waals surface area contributed by atoms with Gasteiger partial charge in [0.2, 0.25) is 0 Å². The van der Waals surface area contributed by atoms with Gasteiger partial charge in [0.25, 0.3) is 0 Å². The molecule has 27 heavy (non-hydrogen) atoms. The molecule has 0 amide bonds. The normalized spacial score (nSPS) is 15.5. The van der Waals surface area contributed by atoms with Gasteiger partial charge in [0.1, 0.15) is 21.5 Å². The highest BCUT2D eigenvalue weighted by atomic mass is 32.2. The number of fused-ring (bicyclic) bond motifs is 1. The van der Waals surface area contributed by atoms with Gasteiger partial charge in [0.15, 0.2) is 0 Å². The Hall–Kier alpha value is -1.54. The van der Waals surface area contributed by atoms with Crippen LogP contribution in [0.25, 0.3) is 10.2 Å². The first-order valence-electron chi connectivity index (χ1n) is 9.04. The van der Waals surface area contributed by atoms with Gasteiger partial charge >= 0.3 is 0 Å². The first-order chi connectivity index (χ1) is 13.1. The van der Waals surface area contributed by atoms with Gasteiger partial charge in [-0.1, -0.05) is 18.2 Å². The molecule has 0 bridgehead atoms.